The topological polar surface area (TPSA) is 47.6 Å². The van der Waals surface area contributed by atoms with Crippen molar-refractivity contribution in [2.45, 2.75) is 54.8 Å². The number of alkyl halides is 3. The third-order valence-electron chi connectivity index (χ3n) is 4.04. The summed E-state index contributed by atoms with van der Waals surface area (Å²) in [5, 5.41) is 2.76. The van der Waals surface area contributed by atoms with Crippen LogP contribution in [0.5, 0.6) is 0 Å². The Kier molecular flexibility index (Phi) is 6.82. The molecule has 1 heterocycles. The van der Waals surface area contributed by atoms with Gasteiger partial charge in [0.2, 0.25) is 0 Å². The summed E-state index contributed by atoms with van der Waals surface area (Å²) in [7, 11) is -1.79. The highest BCUT2D eigenvalue weighted by Crippen LogP contribution is 2.36. The Morgan fingerprint density at radius 3 is 2.32 bits per heavy atom. The van der Waals surface area contributed by atoms with Gasteiger partial charge in [-0.15, -0.1) is 0 Å². The Hall–Kier alpha value is 0.217. The first-order chi connectivity index (χ1) is 9.83. The summed E-state index contributed by atoms with van der Waals surface area (Å²) < 4.78 is 9.83. The average Bonchev–Trinajstić information content (AvgIpc) is 2.35. The van der Waals surface area contributed by atoms with Gasteiger partial charge in [0.05, 0.1) is 25.4 Å². The molecular formula is C14H24Cl3NO3Si. The van der Waals surface area contributed by atoms with E-state index in [1.54, 1.807) is 0 Å². The van der Waals surface area contributed by atoms with Gasteiger partial charge >= 0.3 is 0 Å². The molecule has 1 aliphatic heterocycles. The van der Waals surface area contributed by atoms with Crippen LogP contribution < -0.4 is 5.32 Å². The normalized spacial score (nSPS) is 23.5. The van der Waals surface area contributed by atoms with E-state index in [0.29, 0.717) is 13.2 Å². The maximum absolute atomic E-state index is 11.6. The van der Waals surface area contributed by atoms with Gasteiger partial charge in [0, 0.05) is 0 Å². The van der Waals surface area contributed by atoms with E-state index >= 15 is 0 Å². The largest absolute Gasteiger partial charge is 0.414 e. The quantitative estimate of drug-likeness (QED) is 0.452. The molecule has 0 unspecified atom stereocenters. The van der Waals surface area contributed by atoms with E-state index in [4.69, 9.17) is 44.0 Å². The maximum Gasteiger partial charge on any atom is 0.272 e. The second-order valence-electron chi connectivity index (χ2n) is 6.91. The van der Waals surface area contributed by atoms with Crippen LogP contribution in [0.3, 0.4) is 0 Å². The molecule has 0 aliphatic carbocycles. The molecule has 0 bridgehead atoms. The highest BCUT2D eigenvalue weighted by Gasteiger charge is 2.38. The van der Waals surface area contributed by atoms with Crippen LogP contribution >= 0.6 is 34.8 Å². The molecule has 128 valence electrons. The van der Waals surface area contributed by atoms with E-state index in [0.717, 1.165) is 0 Å². The number of nitrogens with one attached hydrogen (secondary N) is 1. The van der Waals surface area contributed by atoms with Gasteiger partial charge in [-0.05, 0) is 18.1 Å². The minimum absolute atomic E-state index is 0.116. The predicted octanol–water partition coefficient (Wildman–Crippen LogP) is 3.82. The molecule has 1 rings (SSSR count). The second-order valence-corrected chi connectivity index (χ2v) is 14.0. The molecule has 1 N–H and O–H groups in total. The SMILES string of the molecule is CC(C)(C)[Si](C)(C)OC[C@@H]1C=C[C@H](NC(=O)C(Cl)(Cl)Cl)CO1. The summed E-state index contributed by atoms with van der Waals surface area (Å²) in [4.78, 5) is 11.6. The number of rotatable bonds is 4. The van der Waals surface area contributed by atoms with Gasteiger partial charge in [-0.3, -0.25) is 4.79 Å². The molecule has 0 aromatic heterocycles. The standard InChI is InChI=1S/C14H24Cl3NO3Si/c1-13(2,3)22(4,5)21-9-11-7-6-10(8-20-11)18-12(19)14(15,16)17/h6-7,10-11H,8-9H2,1-5H3,(H,18,19)/t10-,11-/m0/s1. The van der Waals surface area contributed by atoms with E-state index in [9.17, 15) is 4.79 Å². The lowest BCUT2D eigenvalue weighted by molar-refractivity contribution is -0.121. The van der Waals surface area contributed by atoms with Crippen molar-refractivity contribution in [1.82, 2.24) is 5.32 Å². The Balaban J connectivity index is 2.47. The molecule has 0 aromatic rings. The molecule has 22 heavy (non-hydrogen) atoms. The van der Waals surface area contributed by atoms with Crippen molar-refractivity contribution in [2.24, 2.45) is 0 Å². The van der Waals surface area contributed by atoms with Crippen LogP contribution in [0, 0.1) is 0 Å². The monoisotopic (exact) mass is 387 g/mol. The van der Waals surface area contributed by atoms with Crippen LogP contribution in [0.25, 0.3) is 0 Å². The number of amides is 1. The molecule has 0 saturated carbocycles. The van der Waals surface area contributed by atoms with Gasteiger partial charge in [-0.25, -0.2) is 0 Å². The molecule has 0 saturated heterocycles. The smallest absolute Gasteiger partial charge is 0.272 e. The lowest BCUT2D eigenvalue weighted by Crippen LogP contribution is -2.46. The third kappa shape index (κ3) is 6.02. The van der Waals surface area contributed by atoms with Crippen molar-refractivity contribution < 1.29 is 14.0 Å². The summed E-state index contributed by atoms with van der Waals surface area (Å²) in [6.45, 7) is 11.8. The van der Waals surface area contributed by atoms with Crippen molar-refractivity contribution in [3.63, 3.8) is 0 Å². The fourth-order valence-electron chi connectivity index (χ4n) is 1.55. The first-order valence-electron chi connectivity index (χ1n) is 7.14. The number of halogens is 3. The molecule has 4 nitrogen and oxygen atoms in total. The zero-order valence-corrected chi connectivity index (χ0v) is 16.9. The zero-order valence-electron chi connectivity index (χ0n) is 13.6. The summed E-state index contributed by atoms with van der Waals surface area (Å²) >= 11 is 16.5. The summed E-state index contributed by atoms with van der Waals surface area (Å²) in [5.74, 6) is -0.660. The summed E-state index contributed by atoms with van der Waals surface area (Å²) in [5.41, 5.74) is 0. The van der Waals surface area contributed by atoms with Crippen molar-refractivity contribution in [2.75, 3.05) is 13.2 Å². The molecule has 1 amide bonds. The predicted molar refractivity (Wildman–Crippen MR) is 94.2 cm³/mol. The average molecular weight is 389 g/mol. The molecule has 2 atom stereocenters. The van der Waals surface area contributed by atoms with E-state index in [2.05, 4.69) is 39.2 Å². The first-order valence-corrected chi connectivity index (χ1v) is 11.2. The molecule has 0 fully saturated rings. The third-order valence-corrected chi connectivity index (χ3v) is 9.05. The van der Waals surface area contributed by atoms with Gasteiger partial charge in [0.15, 0.2) is 8.32 Å². The van der Waals surface area contributed by atoms with Gasteiger partial charge in [0.25, 0.3) is 9.70 Å². The Labute approximate surface area is 148 Å². The van der Waals surface area contributed by atoms with Crippen LogP contribution in [0.1, 0.15) is 20.8 Å². The Morgan fingerprint density at radius 2 is 1.91 bits per heavy atom. The van der Waals surface area contributed by atoms with Crippen molar-refractivity contribution in [3.8, 4) is 0 Å². The first kappa shape index (κ1) is 20.3. The lowest BCUT2D eigenvalue weighted by atomic mass is 10.2. The number of carbonyl (C=O) groups excluding carboxylic acids is 1. The number of carbonyl (C=O) groups is 1. The minimum atomic E-state index is -1.96. The zero-order chi connectivity index (χ0) is 17.2. The van der Waals surface area contributed by atoms with Crippen LogP contribution in [-0.2, 0) is 14.0 Å². The molecule has 0 radical (unpaired) electrons. The maximum atomic E-state index is 11.6. The van der Waals surface area contributed by atoms with Gasteiger partial charge < -0.3 is 14.5 Å². The fourth-order valence-corrected chi connectivity index (χ4v) is 2.72. The highest BCUT2D eigenvalue weighted by atomic mass is 35.6. The Bertz CT molecular complexity index is 430. The molecule has 8 heteroatoms. The van der Waals surface area contributed by atoms with Crippen molar-refractivity contribution in [1.29, 1.82) is 0 Å². The van der Waals surface area contributed by atoms with Crippen molar-refractivity contribution in [3.05, 3.63) is 12.2 Å². The van der Waals surface area contributed by atoms with Crippen molar-refractivity contribution >= 4 is 49.0 Å². The Morgan fingerprint density at radius 1 is 1.32 bits per heavy atom. The highest BCUT2D eigenvalue weighted by molar-refractivity contribution is 6.76. The molecule has 0 spiro atoms. The van der Waals surface area contributed by atoms with Crippen LogP contribution in [0.4, 0.5) is 0 Å². The van der Waals surface area contributed by atoms with E-state index < -0.39 is 18.0 Å². The summed E-state index contributed by atoms with van der Waals surface area (Å²) in [6, 6.07) is -0.299. The molecular weight excluding hydrogens is 365 g/mol. The molecule has 1 aliphatic rings. The second kappa shape index (κ2) is 7.41. The van der Waals surface area contributed by atoms with Crippen LogP contribution in [0.15, 0.2) is 12.2 Å². The van der Waals surface area contributed by atoms with Gasteiger partial charge in [-0.1, -0.05) is 67.7 Å². The van der Waals surface area contributed by atoms with Gasteiger partial charge in [0.1, 0.15) is 0 Å². The molecule has 0 aromatic carbocycles. The fraction of sp³-hybridized carbons (Fsp3) is 0.786. The van der Waals surface area contributed by atoms with Crippen LogP contribution in [0.2, 0.25) is 18.1 Å². The number of hydrogen-bond donors (Lipinski definition) is 1. The van der Waals surface area contributed by atoms with Gasteiger partial charge in [-0.2, -0.15) is 0 Å². The minimum Gasteiger partial charge on any atom is -0.414 e. The van der Waals surface area contributed by atoms with E-state index in [1.165, 1.54) is 0 Å². The van der Waals surface area contributed by atoms with E-state index in [-0.39, 0.29) is 17.2 Å². The van der Waals surface area contributed by atoms with E-state index in [1.807, 2.05) is 12.2 Å². The lowest BCUT2D eigenvalue weighted by Gasteiger charge is -2.37. The number of hydrogen-bond acceptors (Lipinski definition) is 3. The van der Waals surface area contributed by atoms with Crippen LogP contribution in [-0.4, -0.2) is 43.4 Å². The summed E-state index contributed by atoms with van der Waals surface area (Å²) in [6.07, 6.45) is 3.60. The number of ether oxygens (including phenoxy) is 1.